The molecule has 0 atom stereocenters. The Labute approximate surface area is 209 Å². The van der Waals surface area contributed by atoms with Crippen LogP contribution < -0.4 is 15.2 Å². The molecule has 3 rings (SSSR count). The van der Waals surface area contributed by atoms with Crippen molar-refractivity contribution < 1.29 is 47.2 Å². The number of Topliss-reactive ketones (excluding diaryl/α,β-unsaturated/α-hetero) is 1. The highest BCUT2D eigenvalue weighted by Gasteiger charge is 2.39. The van der Waals surface area contributed by atoms with Crippen molar-refractivity contribution in [1.82, 2.24) is 9.55 Å². The van der Waals surface area contributed by atoms with Gasteiger partial charge in [-0.15, -0.1) is 0 Å². The first-order valence-corrected chi connectivity index (χ1v) is 10.6. The maximum absolute atomic E-state index is 13.4. The van der Waals surface area contributed by atoms with Crippen LogP contribution in [0, 0.1) is 5.92 Å². The normalized spacial score (nSPS) is 10.9. The van der Waals surface area contributed by atoms with Crippen molar-refractivity contribution in [3.63, 3.8) is 0 Å². The van der Waals surface area contributed by atoms with Crippen LogP contribution in [0.5, 0.6) is 17.4 Å². The summed E-state index contributed by atoms with van der Waals surface area (Å²) in [6, 6.07) is 7.95. The number of hydrogen-bond acceptors (Lipinski definition) is 7. The van der Waals surface area contributed by atoms with Crippen LogP contribution in [0.25, 0.3) is 0 Å². The number of rotatable bonds is 7. The summed E-state index contributed by atoms with van der Waals surface area (Å²) in [7, 11) is 1.72. The number of amides is 1. The van der Waals surface area contributed by atoms with Crippen molar-refractivity contribution in [3.05, 3.63) is 71.2 Å². The van der Waals surface area contributed by atoms with E-state index < -0.39 is 52.6 Å². The van der Waals surface area contributed by atoms with Gasteiger partial charge in [-0.05, 0) is 29.8 Å². The van der Waals surface area contributed by atoms with E-state index in [4.69, 9.17) is 15.6 Å². The molecule has 1 aromatic heterocycles. The quantitative estimate of drug-likeness (QED) is 0.304. The summed E-state index contributed by atoms with van der Waals surface area (Å²) in [4.78, 5) is 36.6. The highest BCUT2D eigenvalue weighted by Crippen LogP contribution is 2.44. The molecule has 3 aromatic rings. The summed E-state index contributed by atoms with van der Waals surface area (Å²) >= 11 is 0. The number of imidazole rings is 1. The van der Waals surface area contributed by atoms with E-state index in [0.717, 1.165) is 12.1 Å². The number of carbonyl (C=O) groups is 3. The molecular formula is C24H24F3N3O7. The predicted octanol–water partition coefficient (Wildman–Crippen LogP) is 4.40. The molecule has 0 radical (unpaired) electrons. The zero-order valence-corrected chi connectivity index (χ0v) is 19.9. The van der Waals surface area contributed by atoms with Gasteiger partial charge in [0, 0.05) is 18.5 Å². The van der Waals surface area contributed by atoms with Crippen LogP contribution in [-0.2, 0) is 19.8 Å². The minimum Gasteiger partial charge on any atom is -0.506 e. The number of aryl methyl sites for hydroxylation is 1. The molecule has 1 amide bonds. The van der Waals surface area contributed by atoms with Gasteiger partial charge in [0.05, 0.1) is 18.1 Å². The maximum Gasteiger partial charge on any atom is 0.512 e. The number of nitrogens with zero attached hydrogens (tertiary/aromatic N) is 2. The van der Waals surface area contributed by atoms with E-state index >= 15 is 0 Å². The lowest BCUT2D eigenvalue weighted by atomic mass is 9.97. The SMILES string of the molecule is CC(C)C(=O)c1ccc(OCc2ccc(C(N)=O)cc2)c(C(F)(F)F)c1O.Cn1cnc(OC(=O)O)c1. The molecule has 0 saturated heterocycles. The Balaban J connectivity index is 0.000000402. The van der Waals surface area contributed by atoms with Gasteiger partial charge in [0.2, 0.25) is 11.8 Å². The van der Waals surface area contributed by atoms with E-state index in [0.29, 0.717) is 5.56 Å². The van der Waals surface area contributed by atoms with Crippen molar-refractivity contribution in [2.24, 2.45) is 18.7 Å². The number of phenols is 1. The molecule has 2 aromatic carbocycles. The summed E-state index contributed by atoms with van der Waals surface area (Å²) in [6.07, 6.45) is -3.34. The number of primary amides is 1. The number of carbonyl (C=O) groups excluding carboxylic acids is 2. The van der Waals surface area contributed by atoms with Crippen LogP contribution in [0.15, 0.2) is 48.9 Å². The molecular weight excluding hydrogens is 499 g/mol. The molecule has 0 spiro atoms. The van der Waals surface area contributed by atoms with E-state index in [9.17, 15) is 32.7 Å². The third kappa shape index (κ3) is 7.98. The number of ether oxygens (including phenoxy) is 2. The second-order valence-electron chi connectivity index (χ2n) is 7.95. The highest BCUT2D eigenvalue weighted by molar-refractivity contribution is 6.00. The number of benzene rings is 2. The summed E-state index contributed by atoms with van der Waals surface area (Å²) in [5, 5.41) is 18.2. The van der Waals surface area contributed by atoms with Crippen molar-refractivity contribution in [2.75, 3.05) is 0 Å². The molecule has 10 nitrogen and oxygen atoms in total. The Morgan fingerprint density at radius 2 is 1.73 bits per heavy atom. The van der Waals surface area contributed by atoms with Crippen molar-refractivity contribution in [3.8, 4) is 17.4 Å². The number of phenolic OH excluding ortho intramolecular Hbond substituents is 1. The summed E-state index contributed by atoms with van der Waals surface area (Å²) < 4.78 is 51.3. The van der Waals surface area contributed by atoms with E-state index in [-0.39, 0.29) is 18.1 Å². The Bertz CT molecular complexity index is 1270. The lowest BCUT2D eigenvalue weighted by Crippen LogP contribution is -2.14. The third-order valence-electron chi connectivity index (χ3n) is 4.72. The zero-order chi connectivity index (χ0) is 27.9. The average Bonchev–Trinajstić information content (AvgIpc) is 3.20. The zero-order valence-electron chi connectivity index (χ0n) is 19.9. The molecule has 0 saturated carbocycles. The summed E-state index contributed by atoms with van der Waals surface area (Å²) in [6.45, 7) is 2.81. The van der Waals surface area contributed by atoms with Gasteiger partial charge in [-0.1, -0.05) is 26.0 Å². The van der Waals surface area contributed by atoms with E-state index in [1.54, 1.807) is 11.6 Å². The minimum atomic E-state index is -4.91. The third-order valence-corrected chi connectivity index (χ3v) is 4.72. The average molecular weight is 523 g/mol. The number of halogens is 3. The Morgan fingerprint density at radius 3 is 2.19 bits per heavy atom. The molecule has 0 aliphatic carbocycles. The van der Waals surface area contributed by atoms with Gasteiger partial charge in [-0.2, -0.15) is 13.2 Å². The van der Waals surface area contributed by atoms with Crippen molar-refractivity contribution >= 4 is 17.8 Å². The molecule has 198 valence electrons. The summed E-state index contributed by atoms with van der Waals surface area (Å²) in [5.74, 6) is -3.46. The summed E-state index contributed by atoms with van der Waals surface area (Å²) in [5.41, 5.74) is 4.06. The molecule has 0 bridgehead atoms. The second-order valence-corrected chi connectivity index (χ2v) is 7.95. The molecule has 1 heterocycles. The van der Waals surface area contributed by atoms with Crippen LogP contribution >= 0.6 is 0 Å². The first kappa shape index (κ1) is 28.7. The molecule has 13 heteroatoms. The van der Waals surface area contributed by atoms with Crippen LogP contribution in [0.2, 0.25) is 0 Å². The number of hydrogen-bond donors (Lipinski definition) is 3. The fourth-order valence-corrected chi connectivity index (χ4v) is 2.93. The first-order valence-electron chi connectivity index (χ1n) is 10.6. The maximum atomic E-state index is 13.4. The standard InChI is InChI=1S/C19H18F3NO4.C5H6N2O3/c1-10(2)16(24)13-7-8-14(15(17(13)25)19(20,21)22)27-9-11-3-5-12(6-4-11)18(23)26;1-7-2-4(6-3-7)10-5(8)9/h3-8,10,25H,9H2,1-2H3,(H2,23,26);2-3H,1H3,(H,8,9). The van der Waals surface area contributed by atoms with Crippen molar-refractivity contribution in [1.29, 1.82) is 0 Å². The van der Waals surface area contributed by atoms with Crippen LogP contribution in [0.3, 0.4) is 0 Å². The van der Waals surface area contributed by atoms with E-state index in [1.165, 1.54) is 50.6 Å². The number of carboxylic acid groups (broad SMARTS) is 1. The lowest BCUT2D eigenvalue weighted by Gasteiger charge is -2.18. The van der Waals surface area contributed by atoms with Crippen molar-refractivity contribution in [2.45, 2.75) is 26.6 Å². The minimum absolute atomic E-state index is 0.0926. The molecule has 4 N–H and O–H groups in total. The first-order chi connectivity index (χ1) is 17.2. The molecule has 0 aliphatic rings. The molecule has 0 fully saturated rings. The Kier molecular flexibility index (Phi) is 9.25. The fraction of sp³-hybridized carbons (Fsp3) is 0.250. The van der Waals surface area contributed by atoms with Gasteiger partial charge < -0.3 is 30.0 Å². The molecule has 0 aliphatic heterocycles. The van der Waals surface area contributed by atoms with Gasteiger partial charge >= 0.3 is 12.3 Å². The van der Waals surface area contributed by atoms with Gasteiger partial charge in [0.15, 0.2) is 5.78 Å². The molecule has 0 unspecified atom stereocenters. The second kappa shape index (κ2) is 11.9. The Morgan fingerprint density at radius 1 is 1.11 bits per heavy atom. The Hall–Kier alpha value is -4.55. The highest BCUT2D eigenvalue weighted by atomic mass is 19.4. The van der Waals surface area contributed by atoms with Crippen LogP contribution in [0.1, 0.15) is 45.7 Å². The monoisotopic (exact) mass is 523 g/mol. The largest absolute Gasteiger partial charge is 0.512 e. The number of aromatic nitrogens is 2. The number of nitrogens with two attached hydrogens (primary N) is 1. The van der Waals surface area contributed by atoms with Gasteiger partial charge in [-0.25, -0.2) is 9.78 Å². The number of aromatic hydroxyl groups is 1. The smallest absolute Gasteiger partial charge is 0.506 e. The van der Waals surface area contributed by atoms with E-state index in [1.807, 2.05) is 0 Å². The number of ketones is 1. The van der Waals surface area contributed by atoms with Crippen LogP contribution in [-0.4, -0.2) is 37.6 Å². The predicted molar refractivity (Wildman–Crippen MR) is 123 cm³/mol. The molecule has 37 heavy (non-hydrogen) atoms. The van der Waals surface area contributed by atoms with Gasteiger partial charge in [-0.3, -0.25) is 9.59 Å². The van der Waals surface area contributed by atoms with Gasteiger partial charge in [0.25, 0.3) is 0 Å². The van der Waals surface area contributed by atoms with Crippen LogP contribution in [0.4, 0.5) is 18.0 Å². The van der Waals surface area contributed by atoms with E-state index in [2.05, 4.69) is 9.72 Å². The number of alkyl halides is 3. The lowest BCUT2D eigenvalue weighted by molar-refractivity contribution is -0.140. The van der Waals surface area contributed by atoms with Gasteiger partial charge in [0.1, 0.15) is 23.7 Å². The topological polar surface area (TPSA) is 154 Å². The fourth-order valence-electron chi connectivity index (χ4n) is 2.93.